The second kappa shape index (κ2) is 4.97. The van der Waals surface area contributed by atoms with Crippen molar-refractivity contribution in [2.24, 2.45) is 0 Å². The molecule has 0 aromatic rings. The van der Waals surface area contributed by atoms with Crippen LogP contribution < -0.4 is 0 Å². The standard InChI is InChI=1S/C7H10Cl4O3/c1-6(2,3)14-5(12)13-4(8)7(9,10)11/h4H,1-3H3/i1D3. The highest BCUT2D eigenvalue weighted by atomic mass is 35.6. The number of hydrogen-bond acceptors (Lipinski definition) is 3. The van der Waals surface area contributed by atoms with Crippen LogP contribution in [-0.4, -0.2) is 21.1 Å². The van der Waals surface area contributed by atoms with Crippen LogP contribution in [0.25, 0.3) is 0 Å². The highest BCUT2D eigenvalue weighted by molar-refractivity contribution is 6.70. The summed E-state index contributed by atoms with van der Waals surface area (Å²) < 4.78 is 28.3. The minimum absolute atomic E-state index is 1.19. The van der Waals surface area contributed by atoms with Crippen LogP contribution in [0.3, 0.4) is 0 Å². The van der Waals surface area contributed by atoms with E-state index < -0.39 is 28.0 Å². The summed E-state index contributed by atoms with van der Waals surface area (Å²) in [6, 6.07) is 0. The van der Waals surface area contributed by atoms with E-state index >= 15 is 0 Å². The van der Waals surface area contributed by atoms with Gasteiger partial charge >= 0.3 is 6.16 Å². The Bertz CT molecular complexity index is 287. The molecule has 14 heavy (non-hydrogen) atoms. The molecule has 0 spiro atoms. The molecule has 0 aromatic carbocycles. The van der Waals surface area contributed by atoms with Crippen molar-refractivity contribution < 1.29 is 18.4 Å². The van der Waals surface area contributed by atoms with Crippen molar-refractivity contribution in [2.45, 2.75) is 35.7 Å². The van der Waals surface area contributed by atoms with Gasteiger partial charge in [-0.15, -0.1) is 0 Å². The second-order valence-corrected chi connectivity index (χ2v) is 5.60. The topological polar surface area (TPSA) is 35.5 Å². The minimum atomic E-state index is -2.52. The molecule has 0 aliphatic rings. The van der Waals surface area contributed by atoms with E-state index in [9.17, 15) is 4.79 Å². The zero-order valence-electron chi connectivity index (χ0n) is 10.3. The molecule has 7 heteroatoms. The first kappa shape index (κ1) is 9.64. The summed E-state index contributed by atoms with van der Waals surface area (Å²) >= 11 is 21.5. The van der Waals surface area contributed by atoms with Gasteiger partial charge in [0.2, 0.25) is 9.36 Å². The quantitative estimate of drug-likeness (QED) is 0.542. The molecule has 0 amide bonds. The van der Waals surface area contributed by atoms with Crippen LogP contribution in [0.5, 0.6) is 0 Å². The van der Waals surface area contributed by atoms with Crippen molar-refractivity contribution in [3.63, 3.8) is 0 Å². The Balaban J connectivity index is 4.49. The fourth-order valence-corrected chi connectivity index (χ4v) is 0.590. The predicted molar refractivity (Wildman–Crippen MR) is 57.3 cm³/mol. The molecule has 1 unspecified atom stereocenters. The number of halogens is 4. The molecule has 0 N–H and O–H groups in total. The summed E-state index contributed by atoms with van der Waals surface area (Å²) in [7, 11) is 0. The Hall–Kier alpha value is 0.430. The summed E-state index contributed by atoms with van der Waals surface area (Å²) in [5.74, 6) is 0. The number of carbonyl (C=O) groups excluding carboxylic acids is 1. The van der Waals surface area contributed by atoms with E-state index in [1.165, 1.54) is 13.8 Å². The Morgan fingerprint density at radius 3 is 2.29 bits per heavy atom. The number of rotatable bonds is 1. The molecule has 0 bridgehead atoms. The zero-order valence-corrected chi connectivity index (χ0v) is 10.3. The Morgan fingerprint density at radius 2 is 1.93 bits per heavy atom. The Kier molecular flexibility index (Phi) is 3.42. The predicted octanol–water partition coefficient (Wildman–Crippen LogP) is 3.87. The van der Waals surface area contributed by atoms with Crippen LogP contribution in [0.15, 0.2) is 0 Å². The van der Waals surface area contributed by atoms with E-state index in [-0.39, 0.29) is 0 Å². The third-order valence-electron chi connectivity index (χ3n) is 0.796. The second-order valence-electron chi connectivity index (χ2n) is 2.84. The van der Waals surface area contributed by atoms with E-state index in [2.05, 4.69) is 9.47 Å². The first-order chi connectivity index (χ1) is 7.27. The third kappa shape index (κ3) is 6.82. The van der Waals surface area contributed by atoms with Gasteiger partial charge < -0.3 is 9.47 Å². The molecule has 1 atom stereocenters. The molecule has 0 saturated heterocycles. The van der Waals surface area contributed by atoms with Crippen LogP contribution >= 0.6 is 46.4 Å². The molecule has 0 aromatic heterocycles. The normalized spacial score (nSPS) is 18.9. The van der Waals surface area contributed by atoms with Crippen molar-refractivity contribution >= 4 is 52.6 Å². The lowest BCUT2D eigenvalue weighted by Crippen LogP contribution is -2.30. The molecule has 3 nitrogen and oxygen atoms in total. The Morgan fingerprint density at radius 1 is 1.43 bits per heavy atom. The summed E-state index contributed by atoms with van der Waals surface area (Å²) in [6.45, 7) is -0.131. The minimum Gasteiger partial charge on any atom is -0.429 e. The number of carbonyl (C=O) groups is 1. The molecule has 0 radical (unpaired) electrons. The molecular weight excluding hydrogens is 274 g/mol. The number of ether oxygens (including phenoxy) is 2. The maximum Gasteiger partial charge on any atom is 0.510 e. The largest absolute Gasteiger partial charge is 0.510 e. The van der Waals surface area contributed by atoms with E-state index in [0.29, 0.717) is 0 Å². The molecule has 0 rings (SSSR count). The van der Waals surface area contributed by atoms with Gasteiger partial charge in [0.25, 0.3) is 0 Å². The van der Waals surface area contributed by atoms with Gasteiger partial charge in [-0.3, -0.25) is 0 Å². The van der Waals surface area contributed by atoms with E-state index in [0.717, 1.165) is 0 Å². The zero-order chi connectivity index (χ0) is 14.1. The first-order valence-corrected chi connectivity index (χ1v) is 4.95. The molecule has 0 fully saturated rings. The molecule has 0 aliphatic heterocycles. The highest BCUT2D eigenvalue weighted by Gasteiger charge is 2.35. The fraction of sp³-hybridized carbons (Fsp3) is 0.857. The maximum absolute atomic E-state index is 11.2. The molecule has 0 heterocycles. The van der Waals surface area contributed by atoms with Crippen molar-refractivity contribution in [1.29, 1.82) is 0 Å². The molecule has 0 saturated carbocycles. The Labute approximate surface area is 107 Å². The van der Waals surface area contributed by atoms with Gasteiger partial charge in [0, 0.05) is 4.11 Å². The van der Waals surface area contributed by atoms with E-state index in [1.807, 2.05) is 0 Å². The van der Waals surface area contributed by atoms with Crippen molar-refractivity contribution in [2.75, 3.05) is 0 Å². The van der Waals surface area contributed by atoms with Crippen LogP contribution in [0.2, 0.25) is 0 Å². The van der Waals surface area contributed by atoms with Gasteiger partial charge in [-0.2, -0.15) is 0 Å². The van der Waals surface area contributed by atoms with E-state index in [4.69, 9.17) is 50.5 Å². The molecule has 84 valence electrons. The third-order valence-corrected chi connectivity index (χ3v) is 2.14. The smallest absolute Gasteiger partial charge is 0.429 e. The van der Waals surface area contributed by atoms with Gasteiger partial charge in [0.1, 0.15) is 5.60 Å². The summed E-state index contributed by atoms with van der Waals surface area (Å²) in [4.78, 5) is 11.2. The molecule has 0 aliphatic carbocycles. The van der Waals surface area contributed by atoms with Gasteiger partial charge in [-0.1, -0.05) is 46.4 Å². The van der Waals surface area contributed by atoms with Crippen LogP contribution in [0.1, 0.15) is 24.8 Å². The van der Waals surface area contributed by atoms with Gasteiger partial charge in [-0.05, 0) is 20.7 Å². The van der Waals surface area contributed by atoms with Crippen LogP contribution in [0.4, 0.5) is 4.79 Å². The highest BCUT2D eigenvalue weighted by Crippen LogP contribution is 2.34. The summed E-state index contributed by atoms with van der Waals surface area (Å²) in [5.41, 5.74) is -3.33. The lowest BCUT2D eigenvalue weighted by Gasteiger charge is -2.22. The average Bonchev–Trinajstić information content (AvgIpc) is 1.97. The van der Waals surface area contributed by atoms with Gasteiger partial charge in [0.05, 0.1) is 0 Å². The maximum atomic E-state index is 11.2. The van der Waals surface area contributed by atoms with E-state index in [1.54, 1.807) is 0 Å². The lowest BCUT2D eigenvalue weighted by atomic mass is 10.2. The first-order valence-electron chi connectivity index (χ1n) is 4.88. The van der Waals surface area contributed by atoms with Gasteiger partial charge in [-0.25, -0.2) is 4.79 Å². The summed E-state index contributed by atoms with van der Waals surface area (Å²) in [5, 5.41) is 0. The SMILES string of the molecule is [2H]C([2H])([2H])C(C)(C)OC(=O)OC(Cl)C(Cl)(Cl)Cl. The number of alkyl halides is 4. The van der Waals surface area contributed by atoms with Gasteiger partial charge in [0.15, 0.2) is 0 Å². The fourth-order valence-electron chi connectivity index (χ4n) is 0.384. The number of hydrogen-bond donors (Lipinski definition) is 0. The summed E-state index contributed by atoms with van der Waals surface area (Å²) in [6.07, 6.45) is -1.34. The lowest BCUT2D eigenvalue weighted by molar-refractivity contribution is -0.0125. The van der Waals surface area contributed by atoms with Crippen LogP contribution in [0, 0.1) is 0 Å². The van der Waals surface area contributed by atoms with Crippen molar-refractivity contribution in [3.8, 4) is 0 Å². The van der Waals surface area contributed by atoms with Crippen molar-refractivity contribution in [1.82, 2.24) is 0 Å². The monoisotopic (exact) mass is 285 g/mol. The average molecular weight is 287 g/mol. The van der Waals surface area contributed by atoms with Crippen LogP contribution in [-0.2, 0) is 9.47 Å². The molecular formula is C7H10Cl4O3. The van der Waals surface area contributed by atoms with Crippen molar-refractivity contribution in [3.05, 3.63) is 0 Å².